The molecule has 0 radical (unpaired) electrons. The summed E-state index contributed by atoms with van der Waals surface area (Å²) < 4.78 is 5.02. The molecule has 0 aromatic heterocycles. The second kappa shape index (κ2) is 5.91. The third kappa shape index (κ3) is 3.49. The summed E-state index contributed by atoms with van der Waals surface area (Å²) in [6, 6.07) is 6.38. The maximum atomic E-state index is 10.8. The topological polar surface area (TPSA) is 98.6 Å². The summed E-state index contributed by atoms with van der Waals surface area (Å²) in [6.07, 6.45) is 0.883. The molecule has 0 heterocycles. The fraction of sp³-hybridized carbons (Fsp3) is 0.250. The van der Waals surface area contributed by atoms with E-state index in [2.05, 4.69) is 0 Å². The molecular weight excluding hydrogens is 220 g/mol. The summed E-state index contributed by atoms with van der Waals surface area (Å²) in [5.41, 5.74) is 12.0. The van der Waals surface area contributed by atoms with E-state index in [1.54, 1.807) is 31.4 Å². The first kappa shape index (κ1) is 13.1. The molecule has 0 aliphatic heterocycles. The largest absolute Gasteiger partial charge is 0.515 e. The number of rotatable bonds is 5. The quantitative estimate of drug-likeness (QED) is 0.658. The van der Waals surface area contributed by atoms with Gasteiger partial charge in [-0.2, -0.15) is 0 Å². The van der Waals surface area contributed by atoms with Crippen LogP contribution < -0.4 is 16.2 Å². The third-order valence-electron chi connectivity index (χ3n) is 2.38. The Morgan fingerprint density at radius 3 is 2.47 bits per heavy atom. The molecule has 17 heavy (non-hydrogen) atoms. The van der Waals surface area contributed by atoms with E-state index >= 15 is 0 Å². The van der Waals surface area contributed by atoms with Gasteiger partial charge in [0.2, 0.25) is 5.91 Å². The smallest absolute Gasteiger partial charge is 0.219 e. The zero-order valence-electron chi connectivity index (χ0n) is 9.59. The fourth-order valence-electron chi connectivity index (χ4n) is 1.49. The molecule has 1 amide bonds. The number of hydrogen-bond acceptors (Lipinski definition) is 4. The number of aliphatic hydroxyl groups excluding tert-OH is 1. The Kier molecular flexibility index (Phi) is 4.54. The molecule has 0 saturated heterocycles. The van der Waals surface area contributed by atoms with Crippen LogP contribution in [-0.2, 0) is 4.79 Å². The number of benzene rings is 1. The zero-order chi connectivity index (χ0) is 12.8. The molecule has 0 fully saturated rings. The summed E-state index contributed by atoms with van der Waals surface area (Å²) in [6.45, 7) is 0. The van der Waals surface area contributed by atoms with E-state index in [0.29, 0.717) is 11.3 Å². The van der Waals surface area contributed by atoms with Gasteiger partial charge in [-0.15, -0.1) is 0 Å². The molecule has 1 rings (SSSR count). The predicted octanol–water partition coefficient (Wildman–Crippen LogP) is 0.797. The van der Waals surface area contributed by atoms with Crippen molar-refractivity contribution in [1.82, 2.24) is 0 Å². The SMILES string of the molecule is COc1ccc(/C(=C/O)C(N)CC(N)=O)cc1. The molecule has 0 aliphatic rings. The van der Waals surface area contributed by atoms with Crippen LogP contribution in [0.15, 0.2) is 30.5 Å². The predicted molar refractivity (Wildman–Crippen MR) is 65.4 cm³/mol. The van der Waals surface area contributed by atoms with E-state index in [1.165, 1.54) is 0 Å². The van der Waals surface area contributed by atoms with E-state index in [1.807, 2.05) is 0 Å². The minimum atomic E-state index is -0.620. The molecule has 0 spiro atoms. The number of carbonyl (C=O) groups excluding carboxylic acids is 1. The van der Waals surface area contributed by atoms with Crippen LogP contribution >= 0.6 is 0 Å². The Morgan fingerprint density at radius 1 is 1.47 bits per heavy atom. The lowest BCUT2D eigenvalue weighted by molar-refractivity contribution is -0.118. The number of aliphatic hydroxyl groups is 1. The molecule has 92 valence electrons. The van der Waals surface area contributed by atoms with Crippen molar-refractivity contribution in [2.45, 2.75) is 12.5 Å². The van der Waals surface area contributed by atoms with E-state index in [4.69, 9.17) is 21.3 Å². The summed E-state index contributed by atoms with van der Waals surface area (Å²) in [5.74, 6) is 0.194. The summed E-state index contributed by atoms with van der Waals surface area (Å²) in [7, 11) is 1.57. The molecular formula is C12H16N2O3. The van der Waals surface area contributed by atoms with Gasteiger partial charge in [0.15, 0.2) is 0 Å². The monoisotopic (exact) mass is 236 g/mol. The first-order chi connectivity index (χ1) is 8.08. The summed E-state index contributed by atoms with van der Waals surface area (Å²) >= 11 is 0. The second-order valence-corrected chi connectivity index (χ2v) is 3.59. The van der Waals surface area contributed by atoms with Crippen molar-refractivity contribution in [2.24, 2.45) is 11.5 Å². The van der Waals surface area contributed by atoms with Crippen LogP contribution in [0.2, 0.25) is 0 Å². The highest BCUT2D eigenvalue weighted by Gasteiger charge is 2.14. The Balaban J connectivity index is 2.90. The standard InChI is InChI=1S/C12H16N2O3/c1-17-9-4-2-8(3-5-9)10(7-15)11(13)6-12(14)16/h2-5,7,11,15H,6,13H2,1H3,(H2,14,16)/b10-7-. The van der Waals surface area contributed by atoms with E-state index in [0.717, 1.165) is 11.8 Å². The van der Waals surface area contributed by atoms with Crippen molar-refractivity contribution in [3.63, 3.8) is 0 Å². The van der Waals surface area contributed by atoms with Crippen molar-refractivity contribution in [1.29, 1.82) is 0 Å². The molecule has 0 bridgehead atoms. The van der Waals surface area contributed by atoms with Gasteiger partial charge in [0.05, 0.1) is 13.4 Å². The number of amides is 1. The van der Waals surface area contributed by atoms with Gasteiger partial charge in [0.1, 0.15) is 5.75 Å². The Hall–Kier alpha value is -2.01. The van der Waals surface area contributed by atoms with Crippen molar-refractivity contribution in [2.75, 3.05) is 7.11 Å². The number of nitrogens with two attached hydrogens (primary N) is 2. The average Bonchev–Trinajstić information content (AvgIpc) is 2.30. The lowest BCUT2D eigenvalue weighted by atomic mass is 9.98. The normalized spacial score (nSPS) is 13.2. The van der Waals surface area contributed by atoms with Crippen molar-refractivity contribution < 1.29 is 14.6 Å². The molecule has 1 unspecified atom stereocenters. The average molecular weight is 236 g/mol. The van der Waals surface area contributed by atoms with E-state index in [-0.39, 0.29) is 6.42 Å². The van der Waals surface area contributed by atoms with Gasteiger partial charge < -0.3 is 21.3 Å². The van der Waals surface area contributed by atoms with Crippen LogP contribution in [0.5, 0.6) is 5.75 Å². The molecule has 1 aromatic rings. The lowest BCUT2D eigenvalue weighted by Crippen LogP contribution is -2.28. The Morgan fingerprint density at radius 2 is 2.06 bits per heavy atom. The zero-order valence-corrected chi connectivity index (χ0v) is 9.59. The number of hydrogen-bond donors (Lipinski definition) is 3. The van der Waals surface area contributed by atoms with Gasteiger partial charge in [0, 0.05) is 18.0 Å². The van der Waals surface area contributed by atoms with Crippen LogP contribution in [0.4, 0.5) is 0 Å². The number of primary amides is 1. The van der Waals surface area contributed by atoms with Gasteiger partial charge in [-0.25, -0.2) is 0 Å². The van der Waals surface area contributed by atoms with Crippen LogP contribution in [0.1, 0.15) is 12.0 Å². The van der Waals surface area contributed by atoms with Crippen LogP contribution in [0.25, 0.3) is 5.57 Å². The van der Waals surface area contributed by atoms with Crippen molar-refractivity contribution in [3.8, 4) is 5.75 Å². The van der Waals surface area contributed by atoms with Gasteiger partial charge >= 0.3 is 0 Å². The minimum absolute atomic E-state index is 0.0155. The van der Waals surface area contributed by atoms with E-state index in [9.17, 15) is 4.79 Å². The highest BCUT2D eigenvalue weighted by atomic mass is 16.5. The highest BCUT2D eigenvalue weighted by molar-refractivity contribution is 5.79. The maximum Gasteiger partial charge on any atom is 0.219 e. The fourth-order valence-corrected chi connectivity index (χ4v) is 1.49. The molecule has 0 aliphatic carbocycles. The van der Waals surface area contributed by atoms with Gasteiger partial charge in [-0.3, -0.25) is 4.79 Å². The van der Waals surface area contributed by atoms with Crippen molar-refractivity contribution in [3.05, 3.63) is 36.1 Å². The van der Waals surface area contributed by atoms with Crippen LogP contribution in [0, 0.1) is 0 Å². The minimum Gasteiger partial charge on any atom is -0.515 e. The number of methoxy groups -OCH3 is 1. The lowest BCUT2D eigenvalue weighted by Gasteiger charge is -2.14. The van der Waals surface area contributed by atoms with Gasteiger partial charge in [0.25, 0.3) is 0 Å². The number of carbonyl (C=O) groups is 1. The first-order valence-electron chi connectivity index (χ1n) is 5.11. The van der Waals surface area contributed by atoms with Crippen molar-refractivity contribution >= 4 is 11.5 Å². The second-order valence-electron chi connectivity index (χ2n) is 3.59. The highest BCUT2D eigenvalue weighted by Crippen LogP contribution is 2.21. The molecule has 5 heteroatoms. The van der Waals surface area contributed by atoms with E-state index < -0.39 is 11.9 Å². The molecule has 1 aromatic carbocycles. The number of ether oxygens (including phenoxy) is 1. The molecule has 5 nitrogen and oxygen atoms in total. The molecule has 5 N–H and O–H groups in total. The summed E-state index contributed by atoms with van der Waals surface area (Å²) in [5, 5.41) is 9.16. The summed E-state index contributed by atoms with van der Waals surface area (Å²) in [4.78, 5) is 10.8. The van der Waals surface area contributed by atoms with Crippen LogP contribution in [-0.4, -0.2) is 24.2 Å². The maximum absolute atomic E-state index is 10.8. The molecule has 1 atom stereocenters. The third-order valence-corrected chi connectivity index (χ3v) is 2.38. The van der Waals surface area contributed by atoms with Crippen LogP contribution in [0.3, 0.4) is 0 Å². The van der Waals surface area contributed by atoms with Gasteiger partial charge in [-0.05, 0) is 17.7 Å². The first-order valence-corrected chi connectivity index (χ1v) is 5.11. The Labute approximate surface area is 99.7 Å². The molecule has 0 saturated carbocycles. The van der Waals surface area contributed by atoms with Gasteiger partial charge in [-0.1, -0.05) is 12.1 Å². The Bertz CT molecular complexity index is 412.